The number of hydrogen-bond acceptors (Lipinski definition) is 7. The fourth-order valence-corrected chi connectivity index (χ4v) is 4.10. The van der Waals surface area contributed by atoms with E-state index in [9.17, 15) is 43.8 Å². The Morgan fingerprint density at radius 2 is 1.09 bits per heavy atom. The Bertz CT molecular complexity index is 1040. The van der Waals surface area contributed by atoms with Crippen molar-refractivity contribution in [1.29, 1.82) is 0 Å². The van der Waals surface area contributed by atoms with Crippen LogP contribution < -0.4 is 26.6 Å². The number of urea groups is 1. The zero-order valence-electron chi connectivity index (χ0n) is 27.8. The number of Topliss-reactive ketones (excluding diaryl/α,β-unsaturated/α-hetero) is 1. The fraction of sp³-hybridized carbons (Fsp3) is 0.767. The smallest absolute Gasteiger partial charge is 0.326 e. The molecule has 4 atom stereocenters. The summed E-state index contributed by atoms with van der Waals surface area (Å²) in [4.78, 5) is 88.9. The first-order valence-corrected chi connectivity index (χ1v) is 15.0. The third-order valence-corrected chi connectivity index (χ3v) is 6.92. The van der Waals surface area contributed by atoms with Crippen LogP contribution in [-0.4, -0.2) is 81.9 Å². The first kappa shape index (κ1) is 40.3. The second kappa shape index (κ2) is 17.6. The third-order valence-electron chi connectivity index (χ3n) is 6.92. The van der Waals surface area contributed by atoms with E-state index in [1.807, 2.05) is 13.8 Å². The summed E-state index contributed by atoms with van der Waals surface area (Å²) in [5.41, 5.74) is -1.75. The zero-order chi connectivity index (χ0) is 34.6. The molecule has 14 heteroatoms. The predicted octanol–water partition coefficient (Wildman–Crippen LogP) is 1.95. The molecule has 0 heterocycles. The molecule has 0 saturated carbocycles. The van der Waals surface area contributed by atoms with E-state index >= 15 is 0 Å². The molecule has 0 aliphatic carbocycles. The Morgan fingerprint density at radius 1 is 0.636 bits per heavy atom. The van der Waals surface area contributed by atoms with Crippen molar-refractivity contribution in [3.63, 3.8) is 0 Å². The zero-order valence-corrected chi connectivity index (χ0v) is 27.8. The Labute approximate surface area is 260 Å². The van der Waals surface area contributed by atoms with E-state index in [4.69, 9.17) is 0 Å². The maximum Gasteiger partial charge on any atom is 0.326 e. The fourth-order valence-electron chi connectivity index (χ4n) is 4.10. The molecule has 0 spiro atoms. The van der Waals surface area contributed by atoms with Gasteiger partial charge in [0.15, 0.2) is 0 Å². The van der Waals surface area contributed by atoms with E-state index in [2.05, 4.69) is 26.6 Å². The van der Waals surface area contributed by atoms with Gasteiger partial charge in [0.25, 0.3) is 0 Å². The molecular weight excluding hydrogens is 574 g/mol. The van der Waals surface area contributed by atoms with Gasteiger partial charge in [-0.1, -0.05) is 69.2 Å². The van der Waals surface area contributed by atoms with E-state index in [0.717, 1.165) is 0 Å². The summed E-state index contributed by atoms with van der Waals surface area (Å²) in [5.74, 6) is -6.16. The van der Waals surface area contributed by atoms with Crippen molar-refractivity contribution in [2.75, 3.05) is 0 Å². The van der Waals surface area contributed by atoms with Crippen LogP contribution in [0.25, 0.3) is 0 Å². The lowest BCUT2D eigenvalue weighted by Crippen LogP contribution is -2.61. The summed E-state index contributed by atoms with van der Waals surface area (Å²) in [6, 6.07) is -6.45. The number of aliphatic carboxylic acids is 2. The van der Waals surface area contributed by atoms with Gasteiger partial charge in [-0.3, -0.25) is 24.0 Å². The average molecular weight is 628 g/mol. The summed E-state index contributed by atoms with van der Waals surface area (Å²) >= 11 is 0. The van der Waals surface area contributed by atoms with Crippen molar-refractivity contribution in [2.24, 2.45) is 16.7 Å². The first-order valence-electron chi connectivity index (χ1n) is 15.0. The summed E-state index contributed by atoms with van der Waals surface area (Å²) in [7, 11) is 0. The summed E-state index contributed by atoms with van der Waals surface area (Å²) < 4.78 is 0. The Hall–Kier alpha value is -3.71. The third kappa shape index (κ3) is 14.6. The monoisotopic (exact) mass is 627 g/mol. The SMILES string of the molecule is CCC(CC)NC(=O)N[C@H](C(=O)N[C@@H](CC(=O)C(C)(C)C)C(=O)N[C@@H](CC(=O)O)C(=O)N[C@@H](CC(C)C)C(=O)O)C(C)(C)C. The number of rotatable bonds is 17. The number of amides is 5. The van der Waals surface area contributed by atoms with E-state index in [-0.39, 0.29) is 18.4 Å². The maximum atomic E-state index is 13.5. The molecule has 0 unspecified atom stereocenters. The normalized spacial score (nSPS) is 14.5. The van der Waals surface area contributed by atoms with E-state index in [1.165, 1.54) is 0 Å². The van der Waals surface area contributed by atoms with Gasteiger partial charge in [0.1, 0.15) is 30.0 Å². The van der Waals surface area contributed by atoms with Crippen LogP contribution in [0.3, 0.4) is 0 Å². The number of ketones is 1. The van der Waals surface area contributed by atoms with Crippen molar-refractivity contribution in [2.45, 2.75) is 132 Å². The highest BCUT2D eigenvalue weighted by Crippen LogP contribution is 2.21. The molecule has 0 aliphatic rings. The van der Waals surface area contributed by atoms with Crippen LogP contribution in [0.4, 0.5) is 4.79 Å². The molecule has 252 valence electrons. The lowest BCUT2D eigenvalue weighted by molar-refractivity contribution is -0.144. The summed E-state index contributed by atoms with van der Waals surface area (Å²) in [6.45, 7) is 17.3. The first-order chi connectivity index (χ1) is 20.0. The number of carbonyl (C=O) groups is 7. The molecule has 7 N–H and O–H groups in total. The van der Waals surface area contributed by atoms with E-state index < -0.39 is 89.3 Å². The summed E-state index contributed by atoms with van der Waals surface area (Å²) in [5, 5.41) is 31.4. The molecule has 0 aliphatic heterocycles. The van der Waals surface area contributed by atoms with Crippen LogP contribution >= 0.6 is 0 Å². The quantitative estimate of drug-likeness (QED) is 0.125. The maximum absolute atomic E-state index is 13.5. The van der Waals surface area contributed by atoms with Crippen LogP contribution in [0, 0.1) is 16.7 Å². The van der Waals surface area contributed by atoms with Crippen molar-refractivity contribution in [3.8, 4) is 0 Å². The van der Waals surface area contributed by atoms with E-state index in [0.29, 0.717) is 12.8 Å². The minimum Gasteiger partial charge on any atom is -0.481 e. The molecule has 0 aromatic rings. The minimum atomic E-state index is -1.71. The van der Waals surface area contributed by atoms with Gasteiger partial charge in [-0.05, 0) is 30.6 Å². The minimum absolute atomic E-state index is 0.0552. The molecule has 0 aromatic heterocycles. The van der Waals surface area contributed by atoms with Crippen LogP contribution in [0.15, 0.2) is 0 Å². The molecule has 0 rings (SSSR count). The van der Waals surface area contributed by atoms with Crippen molar-refractivity contribution in [1.82, 2.24) is 26.6 Å². The predicted molar refractivity (Wildman–Crippen MR) is 163 cm³/mol. The lowest BCUT2D eigenvalue weighted by Gasteiger charge is -2.33. The number of carbonyl (C=O) groups excluding carboxylic acids is 5. The van der Waals surface area contributed by atoms with Gasteiger partial charge in [0, 0.05) is 17.9 Å². The van der Waals surface area contributed by atoms with Gasteiger partial charge < -0.3 is 36.8 Å². The van der Waals surface area contributed by atoms with Crippen LogP contribution in [-0.2, 0) is 28.8 Å². The molecule has 44 heavy (non-hydrogen) atoms. The molecule has 0 aromatic carbocycles. The van der Waals surface area contributed by atoms with Crippen LogP contribution in [0.5, 0.6) is 0 Å². The number of nitrogens with one attached hydrogen (secondary N) is 5. The van der Waals surface area contributed by atoms with Gasteiger partial charge in [-0.2, -0.15) is 0 Å². The van der Waals surface area contributed by atoms with Gasteiger partial charge in [0.05, 0.1) is 6.42 Å². The largest absolute Gasteiger partial charge is 0.481 e. The highest BCUT2D eigenvalue weighted by atomic mass is 16.4. The second-order valence-corrected chi connectivity index (χ2v) is 13.6. The Morgan fingerprint density at radius 3 is 1.48 bits per heavy atom. The van der Waals surface area contributed by atoms with Crippen molar-refractivity contribution >= 4 is 41.5 Å². The highest BCUT2D eigenvalue weighted by Gasteiger charge is 2.38. The van der Waals surface area contributed by atoms with Crippen molar-refractivity contribution in [3.05, 3.63) is 0 Å². The van der Waals surface area contributed by atoms with Crippen LogP contribution in [0.2, 0.25) is 0 Å². The van der Waals surface area contributed by atoms with Gasteiger partial charge in [-0.25, -0.2) is 9.59 Å². The summed E-state index contributed by atoms with van der Waals surface area (Å²) in [6.07, 6.45) is 0.0122. The molecule has 0 saturated heterocycles. The average Bonchev–Trinajstić information content (AvgIpc) is 2.86. The lowest BCUT2D eigenvalue weighted by atomic mass is 9.85. The topological polar surface area (TPSA) is 220 Å². The van der Waals surface area contributed by atoms with E-state index in [1.54, 1.807) is 55.4 Å². The molecule has 0 fully saturated rings. The Balaban J connectivity index is 6.27. The molecular formula is C30H53N5O9. The molecule has 0 bridgehead atoms. The second-order valence-electron chi connectivity index (χ2n) is 13.6. The molecule has 5 amide bonds. The number of carboxylic acids is 2. The number of hydrogen-bond donors (Lipinski definition) is 7. The molecule has 14 nitrogen and oxygen atoms in total. The Kier molecular flexibility index (Phi) is 16.1. The van der Waals surface area contributed by atoms with Crippen molar-refractivity contribution < 1.29 is 43.8 Å². The molecule has 0 radical (unpaired) electrons. The van der Waals surface area contributed by atoms with Gasteiger partial charge in [-0.15, -0.1) is 0 Å². The standard InChI is InChI=1S/C30H53N5O9/c1-11-17(12-2)31-28(44)35-23(30(8,9)10)26(41)33-18(14-21(36)29(5,6)7)24(39)32-19(15-22(37)38)25(40)34-20(27(42)43)13-16(3)4/h16-20,23H,11-15H2,1-10H3,(H,32,39)(H,33,41)(H,34,40)(H,37,38)(H,42,43)(H2,31,35,44)/t18-,19-,20-,23+/m0/s1. The van der Waals surface area contributed by atoms with Gasteiger partial charge in [0.2, 0.25) is 17.7 Å². The highest BCUT2D eigenvalue weighted by molar-refractivity contribution is 5.99. The number of carboxylic acid groups (broad SMARTS) is 2. The van der Waals surface area contributed by atoms with Crippen LogP contribution in [0.1, 0.15) is 101 Å². The van der Waals surface area contributed by atoms with Gasteiger partial charge >= 0.3 is 18.0 Å².